The van der Waals surface area contributed by atoms with E-state index in [0.717, 1.165) is 5.56 Å². The number of nitrogens with two attached hydrogens (primary N) is 1. The number of carbonyl (C=O) groups is 3. The quantitative estimate of drug-likeness (QED) is 0.713. The minimum atomic E-state index is -0.689. The zero-order valence-electron chi connectivity index (χ0n) is 16.8. The van der Waals surface area contributed by atoms with Crippen LogP contribution in [0.15, 0.2) is 48.5 Å². The Morgan fingerprint density at radius 3 is 2.30 bits per heavy atom. The first kappa shape index (κ1) is 21.3. The van der Waals surface area contributed by atoms with Crippen LogP contribution in [0.25, 0.3) is 0 Å². The van der Waals surface area contributed by atoms with Crippen molar-refractivity contribution in [2.24, 2.45) is 5.73 Å². The van der Waals surface area contributed by atoms with Gasteiger partial charge in [0.2, 0.25) is 5.91 Å². The lowest BCUT2D eigenvalue weighted by molar-refractivity contribution is -0.132. The van der Waals surface area contributed by atoms with E-state index in [1.165, 1.54) is 13.0 Å². The van der Waals surface area contributed by atoms with Gasteiger partial charge in [-0.2, -0.15) is 0 Å². The molecule has 0 aliphatic carbocycles. The monoisotopic (exact) mass is 412 g/mol. The number of nitrogens with zero attached hydrogens (tertiary/aromatic N) is 2. The van der Waals surface area contributed by atoms with Crippen LogP contribution < -0.4 is 16.0 Å². The summed E-state index contributed by atoms with van der Waals surface area (Å²) in [6, 6.07) is 12.4. The van der Waals surface area contributed by atoms with Gasteiger partial charge in [-0.05, 0) is 30.7 Å². The molecular formula is C22H25FN4O3. The van der Waals surface area contributed by atoms with Gasteiger partial charge in [0, 0.05) is 31.7 Å². The average Bonchev–Trinajstić information content (AvgIpc) is 2.73. The van der Waals surface area contributed by atoms with Gasteiger partial charge in [-0.25, -0.2) is 9.18 Å². The highest BCUT2D eigenvalue weighted by molar-refractivity contribution is 5.94. The number of nitrogens with one attached hydrogen (secondary N) is 1. The summed E-state index contributed by atoms with van der Waals surface area (Å²) in [7, 11) is 0. The number of halogens is 1. The largest absolute Gasteiger partial charge is 0.366 e. The summed E-state index contributed by atoms with van der Waals surface area (Å²) in [5.41, 5.74) is 6.83. The molecule has 0 bridgehead atoms. The number of urea groups is 1. The molecule has 3 amide bonds. The molecule has 3 N–H and O–H groups in total. The van der Waals surface area contributed by atoms with E-state index in [0.29, 0.717) is 37.4 Å². The van der Waals surface area contributed by atoms with Crippen LogP contribution in [-0.4, -0.2) is 48.8 Å². The Bertz CT molecular complexity index is 927. The lowest BCUT2D eigenvalue weighted by atomic mass is 10.0. The smallest absolute Gasteiger partial charge is 0.312 e. The predicted molar refractivity (Wildman–Crippen MR) is 112 cm³/mol. The number of ketones is 1. The highest BCUT2D eigenvalue weighted by Gasteiger charge is 2.26. The van der Waals surface area contributed by atoms with Crippen molar-refractivity contribution in [1.82, 2.24) is 10.2 Å². The zero-order chi connectivity index (χ0) is 21.7. The third kappa shape index (κ3) is 5.14. The number of rotatable bonds is 6. The van der Waals surface area contributed by atoms with Gasteiger partial charge in [0.25, 0.3) is 0 Å². The molecule has 3 rings (SSSR count). The fraction of sp³-hybridized carbons (Fsp3) is 0.318. The summed E-state index contributed by atoms with van der Waals surface area (Å²) in [5, 5.41) is 2.63. The first-order chi connectivity index (χ1) is 14.3. The molecule has 1 aliphatic rings. The van der Waals surface area contributed by atoms with Crippen molar-refractivity contribution in [3.63, 3.8) is 0 Å². The number of piperazine rings is 1. The van der Waals surface area contributed by atoms with Gasteiger partial charge in [-0.15, -0.1) is 0 Å². The first-order valence-electron chi connectivity index (χ1n) is 9.79. The minimum Gasteiger partial charge on any atom is -0.366 e. The van der Waals surface area contributed by atoms with Gasteiger partial charge in [0.1, 0.15) is 5.82 Å². The van der Waals surface area contributed by atoms with Gasteiger partial charge in [-0.3, -0.25) is 9.59 Å². The molecule has 2 aromatic rings. The molecular weight excluding hydrogens is 387 g/mol. The third-order valence-electron chi connectivity index (χ3n) is 5.22. The van der Waals surface area contributed by atoms with E-state index < -0.39 is 17.9 Å². The maximum absolute atomic E-state index is 14.4. The van der Waals surface area contributed by atoms with Gasteiger partial charge in [0.15, 0.2) is 5.78 Å². The maximum atomic E-state index is 14.4. The summed E-state index contributed by atoms with van der Waals surface area (Å²) in [6.07, 6.45) is 0.0919. The van der Waals surface area contributed by atoms with Crippen LogP contribution in [0.1, 0.15) is 35.3 Å². The number of Topliss-reactive ketones (excluding diaryl/α,β-unsaturated/α-hetero) is 1. The standard InChI is InChI=1S/C22H25FN4O3/c1-15(28)17-7-8-20(18(23)13-17)26-9-11-27(12-10-26)21(29)14-19(25-22(24)30)16-5-3-2-4-6-16/h2-8,13,19H,9-12,14H2,1H3,(H3,24,25,30)/t19-/m0/s1. The molecule has 0 aromatic heterocycles. The molecule has 30 heavy (non-hydrogen) atoms. The van der Waals surface area contributed by atoms with Gasteiger partial charge >= 0.3 is 6.03 Å². The number of carbonyl (C=O) groups excluding carboxylic acids is 3. The third-order valence-corrected chi connectivity index (χ3v) is 5.22. The van der Waals surface area contributed by atoms with E-state index in [9.17, 15) is 18.8 Å². The number of primary amides is 1. The Hall–Kier alpha value is -3.42. The van der Waals surface area contributed by atoms with Crippen LogP contribution in [0.3, 0.4) is 0 Å². The van der Waals surface area contributed by atoms with Crippen LogP contribution >= 0.6 is 0 Å². The van der Waals surface area contributed by atoms with Crippen molar-refractivity contribution in [1.29, 1.82) is 0 Å². The fourth-order valence-corrected chi connectivity index (χ4v) is 3.59. The summed E-state index contributed by atoms with van der Waals surface area (Å²) in [4.78, 5) is 39.1. The molecule has 7 nitrogen and oxygen atoms in total. The van der Waals surface area contributed by atoms with Crippen LogP contribution in [0.2, 0.25) is 0 Å². The molecule has 0 saturated carbocycles. The van der Waals surface area contributed by atoms with E-state index in [1.807, 2.05) is 35.2 Å². The molecule has 1 fully saturated rings. The van der Waals surface area contributed by atoms with Crippen molar-refractivity contribution in [2.75, 3.05) is 31.1 Å². The molecule has 0 radical (unpaired) electrons. The number of hydrogen-bond acceptors (Lipinski definition) is 4. The van der Waals surface area contributed by atoms with Crippen LogP contribution in [-0.2, 0) is 4.79 Å². The SMILES string of the molecule is CC(=O)c1ccc(N2CCN(C(=O)C[C@H](NC(N)=O)c3ccccc3)CC2)c(F)c1. The Balaban J connectivity index is 1.62. The molecule has 1 heterocycles. The molecule has 0 spiro atoms. The molecule has 158 valence electrons. The lowest BCUT2D eigenvalue weighted by Crippen LogP contribution is -2.49. The van der Waals surface area contributed by atoms with Crippen LogP contribution in [0.5, 0.6) is 0 Å². The Morgan fingerprint density at radius 2 is 1.73 bits per heavy atom. The van der Waals surface area contributed by atoms with Crippen molar-refractivity contribution in [3.05, 3.63) is 65.5 Å². The molecule has 2 aromatic carbocycles. The second kappa shape index (κ2) is 9.39. The van der Waals surface area contributed by atoms with Crippen LogP contribution in [0.4, 0.5) is 14.9 Å². The molecule has 1 saturated heterocycles. The number of benzene rings is 2. The van der Waals surface area contributed by atoms with E-state index in [-0.39, 0.29) is 18.1 Å². The second-order valence-corrected chi connectivity index (χ2v) is 7.27. The lowest BCUT2D eigenvalue weighted by Gasteiger charge is -2.37. The van der Waals surface area contributed by atoms with Crippen molar-refractivity contribution in [3.8, 4) is 0 Å². The fourth-order valence-electron chi connectivity index (χ4n) is 3.59. The van der Waals surface area contributed by atoms with Gasteiger partial charge in [-0.1, -0.05) is 30.3 Å². The second-order valence-electron chi connectivity index (χ2n) is 7.27. The van der Waals surface area contributed by atoms with E-state index in [1.54, 1.807) is 17.0 Å². The predicted octanol–water partition coefficient (Wildman–Crippen LogP) is 2.48. The summed E-state index contributed by atoms with van der Waals surface area (Å²) in [5.74, 6) is -0.740. The molecule has 0 unspecified atom stereocenters. The Labute approximate surface area is 174 Å². The highest BCUT2D eigenvalue weighted by Crippen LogP contribution is 2.23. The normalized spacial score (nSPS) is 14.9. The van der Waals surface area contributed by atoms with Crippen molar-refractivity contribution >= 4 is 23.4 Å². The number of anilines is 1. The van der Waals surface area contributed by atoms with Gasteiger partial charge in [0.05, 0.1) is 18.2 Å². The number of amides is 3. The number of hydrogen-bond donors (Lipinski definition) is 2. The Kier molecular flexibility index (Phi) is 6.66. The Morgan fingerprint density at radius 1 is 1.07 bits per heavy atom. The van der Waals surface area contributed by atoms with E-state index in [4.69, 9.17) is 5.73 Å². The van der Waals surface area contributed by atoms with Crippen molar-refractivity contribution < 1.29 is 18.8 Å². The summed E-state index contributed by atoms with van der Waals surface area (Å²) in [6.45, 7) is 3.22. The average molecular weight is 412 g/mol. The first-order valence-corrected chi connectivity index (χ1v) is 9.79. The minimum absolute atomic E-state index is 0.0919. The van der Waals surface area contributed by atoms with Crippen molar-refractivity contribution in [2.45, 2.75) is 19.4 Å². The topological polar surface area (TPSA) is 95.7 Å². The van der Waals surface area contributed by atoms with E-state index in [2.05, 4.69) is 5.32 Å². The maximum Gasteiger partial charge on any atom is 0.312 e. The van der Waals surface area contributed by atoms with Crippen LogP contribution in [0, 0.1) is 5.82 Å². The zero-order valence-corrected chi connectivity index (χ0v) is 16.8. The summed E-state index contributed by atoms with van der Waals surface area (Å²) >= 11 is 0. The summed E-state index contributed by atoms with van der Waals surface area (Å²) < 4.78 is 14.4. The van der Waals surface area contributed by atoms with Gasteiger partial charge < -0.3 is 20.9 Å². The highest BCUT2D eigenvalue weighted by atomic mass is 19.1. The molecule has 1 atom stereocenters. The van der Waals surface area contributed by atoms with E-state index >= 15 is 0 Å². The molecule has 1 aliphatic heterocycles. The molecule has 8 heteroatoms.